The maximum Gasteiger partial charge on any atom is 0.242 e. The van der Waals surface area contributed by atoms with Crippen LogP contribution in [0.25, 0.3) is 0 Å². The first kappa shape index (κ1) is 13.0. The monoisotopic (exact) mass is 273 g/mol. The summed E-state index contributed by atoms with van der Waals surface area (Å²) in [5.74, 6) is -0.167. The van der Waals surface area contributed by atoms with Crippen molar-refractivity contribution in [1.82, 2.24) is 10.2 Å². The molecule has 2 aliphatic rings. The summed E-state index contributed by atoms with van der Waals surface area (Å²) in [7, 11) is 1.62. The fourth-order valence-corrected chi connectivity index (χ4v) is 3.17. The first-order chi connectivity index (χ1) is 9.72. The molecule has 0 spiro atoms. The summed E-state index contributed by atoms with van der Waals surface area (Å²) in [6.07, 6.45) is 1.65. The van der Waals surface area contributed by atoms with Crippen molar-refractivity contribution in [2.24, 2.45) is 0 Å². The molecule has 1 saturated heterocycles. The molecule has 1 fully saturated rings. The van der Waals surface area contributed by atoms with Gasteiger partial charge in [-0.15, -0.1) is 0 Å². The summed E-state index contributed by atoms with van der Waals surface area (Å²) in [4.78, 5) is 26.4. The van der Waals surface area contributed by atoms with Crippen LogP contribution in [-0.2, 0) is 9.59 Å². The number of likely N-dealkylation sites (N-methyl/N-ethyl adjacent to an activating group) is 1. The van der Waals surface area contributed by atoms with E-state index in [2.05, 4.69) is 10.6 Å². The third kappa shape index (κ3) is 2.03. The normalized spacial score (nSPS) is 24.1. The number of fused-ring (bicyclic) bond motifs is 1. The molecule has 2 heterocycles. The molecule has 1 aromatic rings. The summed E-state index contributed by atoms with van der Waals surface area (Å²) in [5.41, 5.74) is 2.07. The molecule has 1 aromatic carbocycles. The van der Waals surface area contributed by atoms with Crippen LogP contribution in [0.1, 0.15) is 24.3 Å². The van der Waals surface area contributed by atoms with Gasteiger partial charge in [-0.1, -0.05) is 18.2 Å². The van der Waals surface area contributed by atoms with Gasteiger partial charge in [0.1, 0.15) is 6.04 Å². The minimum absolute atomic E-state index is 0.0601. The Balaban J connectivity index is 1.82. The van der Waals surface area contributed by atoms with Crippen LogP contribution in [0.2, 0.25) is 0 Å². The van der Waals surface area contributed by atoms with E-state index in [1.165, 1.54) is 0 Å². The summed E-state index contributed by atoms with van der Waals surface area (Å²) in [5, 5.41) is 5.92. The van der Waals surface area contributed by atoms with Crippen LogP contribution in [0.4, 0.5) is 5.69 Å². The minimum Gasteiger partial charge on any atom is -0.384 e. The number of hydrogen-bond acceptors (Lipinski definition) is 3. The van der Waals surface area contributed by atoms with Gasteiger partial charge >= 0.3 is 0 Å². The summed E-state index contributed by atoms with van der Waals surface area (Å²) in [6.45, 7) is 1.30. The second-order valence-electron chi connectivity index (χ2n) is 5.32. The number of benzene rings is 1. The number of carbonyl (C=O) groups excluding carboxylic acids is 2. The number of carbonyl (C=O) groups is 2. The van der Waals surface area contributed by atoms with E-state index in [9.17, 15) is 9.59 Å². The summed E-state index contributed by atoms with van der Waals surface area (Å²) < 4.78 is 0. The Kier molecular flexibility index (Phi) is 3.34. The number of nitrogens with one attached hydrogen (secondary N) is 2. The highest BCUT2D eigenvalue weighted by Crippen LogP contribution is 2.34. The molecule has 0 radical (unpaired) electrons. The van der Waals surface area contributed by atoms with Crippen LogP contribution in [0.5, 0.6) is 0 Å². The van der Waals surface area contributed by atoms with E-state index in [1.54, 1.807) is 11.9 Å². The SMILES string of the molecule is CNC(=O)C1CCCN1C(=O)C1CNc2ccccc21. The molecular formula is C15H19N3O2. The number of likely N-dealkylation sites (tertiary alicyclic amines) is 1. The number of para-hydroxylation sites is 1. The number of hydrogen-bond donors (Lipinski definition) is 2. The quantitative estimate of drug-likeness (QED) is 0.843. The lowest BCUT2D eigenvalue weighted by Crippen LogP contribution is -2.46. The first-order valence-electron chi connectivity index (χ1n) is 7.07. The molecule has 106 valence electrons. The molecule has 0 saturated carbocycles. The maximum absolute atomic E-state index is 12.7. The zero-order valence-electron chi connectivity index (χ0n) is 11.6. The van der Waals surface area contributed by atoms with Gasteiger partial charge in [0.2, 0.25) is 11.8 Å². The molecule has 3 rings (SSSR count). The Hall–Kier alpha value is -2.04. The lowest BCUT2D eigenvalue weighted by atomic mass is 9.99. The third-order valence-corrected chi connectivity index (χ3v) is 4.22. The lowest BCUT2D eigenvalue weighted by Gasteiger charge is -2.26. The zero-order chi connectivity index (χ0) is 14.1. The van der Waals surface area contributed by atoms with E-state index in [-0.39, 0.29) is 23.8 Å². The van der Waals surface area contributed by atoms with Crippen molar-refractivity contribution in [2.45, 2.75) is 24.8 Å². The van der Waals surface area contributed by atoms with Gasteiger partial charge in [0.25, 0.3) is 0 Å². The first-order valence-corrected chi connectivity index (χ1v) is 7.07. The molecule has 0 aliphatic carbocycles. The van der Waals surface area contributed by atoms with Gasteiger partial charge in [-0.2, -0.15) is 0 Å². The van der Waals surface area contributed by atoms with Crippen molar-refractivity contribution in [1.29, 1.82) is 0 Å². The van der Waals surface area contributed by atoms with E-state index in [0.29, 0.717) is 13.1 Å². The van der Waals surface area contributed by atoms with Crippen molar-refractivity contribution in [3.05, 3.63) is 29.8 Å². The molecule has 2 N–H and O–H groups in total. The lowest BCUT2D eigenvalue weighted by molar-refractivity contribution is -0.139. The average Bonchev–Trinajstić information content (AvgIpc) is 3.12. The van der Waals surface area contributed by atoms with E-state index in [4.69, 9.17) is 0 Å². The van der Waals surface area contributed by atoms with Crippen molar-refractivity contribution in [3.8, 4) is 0 Å². The maximum atomic E-state index is 12.7. The van der Waals surface area contributed by atoms with E-state index >= 15 is 0 Å². The molecule has 2 amide bonds. The number of anilines is 1. The van der Waals surface area contributed by atoms with Crippen molar-refractivity contribution in [2.75, 3.05) is 25.5 Å². The fourth-order valence-electron chi connectivity index (χ4n) is 3.17. The van der Waals surface area contributed by atoms with Gasteiger partial charge in [-0.25, -0.2) is 0 Å². The molecule has 2 atom stereocenters. The Morgan fingerprint density at radius 2 is 2.15 bits per heavy atom. The van der Waals surface area contributed by atoms with Gasteiger partial charge in [0, 0.05) is 25.8 Å². The second-order valence-corrected chi connectivity index (χ2v) is 5.32. The Morgan fingerprint density at radius 1 is 1.35 bits per heavy atom. The smallest absolute Gasteiger partial charge is 0.242 e. The Bertz CT molecular complexity index is 544. The number of amides is 2. The number of nitrogens with zero attached hydrogens (tertiary/aromatic N) is 1. The van der Waals surface area contributed by atoms with E-state index < -0.39 is 0 Å². The highest BCUT2D eigenvalue weighted by molar-refractivity contribution is 5.93. The van der Waals surface area contributed by atoms with E-state index in [0.717, 1.165) is 24.1 Å². The molecule has 2 unspecified atom stereocenters. The molecule has 5 nitrogen and oxygen atoms in total. The predicted octanol–water partition coefficient (Wildman–Crippen LogP) is 0.933. The van der Waals surface area contributed by atoms with Crippen LogP contribution in [0, 0.1) is 0 Å². The standard InChI is InChI=1S/C15H19N3O2/c1-16-14(19)13-7-4-8-18(13)15(20)11-9-17-12-6-3-2-5-10(11)12/h2-3,5-6,11,13,17H,4,7-9H2,1H3,(H,16,19). The molecule has 0 aromatic heterocycles. The van der Waals surface area contributed by atoms with Crippen molar-refractivity contribution in [3.63, 3.8) is 0 Å². The zero-order valence-corrected chi connectivity index (χ0v) is 11.6. The molecule has 2 aliphatic heterocycles. The van der Waals surface area contributed by atoms with Crippen LogP contribution in [0.3, 0.4) is 0 Å². The fraction of sp³-hybridized carbons (Fsp3) is 0.467. The average molecular weight is 273 g/mol. The Morgan fingerprint density at radius 3 is 2.95 bits per heavy atom. The van der Waals surface area contributed by atoms with Crippen LogP contribution in [0.15, 0.2) is 24.3 Å². The minimum atomic E-state index is -0.305. The predicted molar refractivity (Wildman–Crippen MR) is 76.5 cm³/mol. The third-order valence-electron chi connectivity index (χ3n) is 4.22. The van der Waals surface area contributed by atoms with Crippen molar-refractivity contribution >= 4 is 17.5 Å². The number of rotatable bonds is 2. The molecule has 5 heteroatoms. The summed E-state index contributed by atoms with van der Waals surface area (Å²) >= 11 is 0. The van der Waals surface area contributed by atoms with Crippen LogP contribution < -0.4 is 10.6 Å². The highest BCUT2D eigenvalue weighted by atomic mass is 16.2. The van der Waals surface area contributed by atoms with Gasteiger partial charge < -0.3 is 15.5 Å². The van der Waals surface area contributed by atoms with Crippen molar-refractivity contribution < 1.29 is 9.59 Å². The summed E-state index contributed by atoms with van der Waals surface area (Å²) in [6, 6.07) is 7.58. The largest absolute Gasteiger partial charge is 0.384 e. The van der Waals surface area contributed by atoms with Gasteiger partial charge in [-0.05, 0) is 24.5 Å². The second kappa shape index (κ2) is 5.15. The molecule has 0 bridgehead atoms. The van der Waals surface area contributed by atoms with Crippen LogP contribution in [-0.4, -0.2) is 42.9 Å². The molecule has 20 heavy (non-hydrogen) atoms. The van der Waals surface area contributed by atoms with Gasteiger partial charge in [0.15, 0.2) is 0 Å². The topological polar surface area (TPSA) is 61.4 Å². The van der Waals surface area contributed by atoms with Gasteiger partial charge in [0.05, 0.1) is 5.92 Å². The van der Waals surface area contributed by atoms with Crippen LogP contribution >= 0.6 is 0 Å². The van der Waals surface area contributed by atoms with Gasteiger partial charge in [-0.3, -0.25) is 9.59 Å². The molecular weight excluding hydrogens is 254 g/mol. The highest BCUT2D eigenvalue weighted by Gasteiger charge is 2.39. The van der Waals surface area contributed by atoms with E-state index in [1.807, 2.05) is 24.3 Å². The Labute approximate surface area is 118 Å².